The highest BCUT2D eigenvalue weighted by Gasteiger charge is 2.29. The van der Waals surface area contributed by atoms with Crippen molar-refractivity contribution < 1.29 is 13.2 Å². The van der Waals surface area contributed by atoms with Crippen molar-refractivity contribution in [1.82, 2.24) is 4.72 Å². The van der Waals surface area contributed by atoms with Crippen LogP contribution in [-0.4, -0.2) is 25.6 Å². The number of nitrogens with one attached hydrogen (secondary N) is 2. The summed E-state index contributed by atoms with van der Waals surface area (Å²) in [6, 6.07) is 4.93. The minimum atomic E-state index is -3.47. The minimum absolute atomic E-state index is 0.0741. The highest BCUT2D eigenvalue weighted by Crippen LogP contribution is 2.36. The monoisotopic (exact) mass is 298 g/mol. The quantitative estimate of drug-likeness (QED) is 0.888. The summed E-state index contributed by atoms with van der Waals surface area (Å²) in [6.07, 6.45) is 1.79. The van der Waals surface area contributed by atoms with Gasteiger partial charge in [0.05, 0.1) is 15.8 Å². The lowest BCUT2D eigenvalue weighted by atomic mass is 10.3. The molecule has 7 heteroatoms. The lowest BCUT2D eigenvalue weighted by molar-refractivity contribution is -0.115. The number of rotatable bonds is 3. The van der Waals surface area contributed by atoms with Crippen LogP contribution in [0.5, 0.6) is 0 Å². The molecule has 1 fully saturated rings. The number of amides is 1. The van der Waals surface area contributed by atoms with E-state index in [1.807, 2.05) is 6.92 Å². The zero-order valence-electron chi connectivity index (χ0n) is 10.3. The zero-order chi connectivity index (χ0) is 13.6. The zero-order valence-corrected chi connectivity index (χ0v) is 12.0. The summed E-state index contributed by atoms with van der Waals surface area (Å²) < 4.78 is 26.8. The molecule has 1 unspecified atom stereocenters. The number of anilines is 1. The number of carbonyl (C=O) groups is 1. The maximum absolute atomic E-state index is 12.1. The number of carbonyl (C=O) groups excluding carboxylic acids is 1. The molecule has 0 saturated heterocycles. The first-order valence-corrected chi connectivity index (χ1v) is 8.46. The fourth-order valence-corrected chi connectivity index (χ4v) is 4.10. The third kappa shape index (κ3) is 2.63. The van der Waals surface area contributed by atoms with Gasteiger partial charge in [-0.25, -0.2) is 13.1 Å². The Labute approximate surface area is 116 Å². The molecule has 5 nitrogen and oxygen atoms in total. The van der Waals surface area contributed by atoms with Crippen molar-refractivity contribution in [3.05, 3.63) is 18.2 Å². The first-order chi connectivity index (χ1) is 8.95. The summed E-state index contributed by atoms with van der Waals surface area (Å²) >= 11 is 1.44. The lowest BCUT2D eigenvalue weighted by Crippen LogP contribution is -2.28. The molecule has 2 N–H and O–H groups in total. The predicted molar refractivity (Wildman–Crippen MR) is 73.7 cm³/mol. The van der Waals surface area contributed by atoms with Crippen LogP contribution in [0.15, 0.2) is 28.0 Å². The van der Waals surface area contributed by atoms with Crippen molar-refractivity contribution in [1.29, 1.82) is 0 Å². The molecule has 1 atom stereocenters. The van der Waals surface area contributed by atoms with Crippen molar-refractivity contribution in [3.63, 3.8) is 0 Å². The topological polar surface area (TPSA) is 75.3 Å². The first kappa shape index (κ1) is 13.0. The van der Waals surface area contributed by atoms with E-state index in [1.54, 1.807) is 12.1 Å². The third-order valence-corrected chi connectivity index (χ3v) is 5.79. The highest BCUT2D eigenvalue weighted by atomic mass is 32.2. The SMILES string of the molecule is CC1Sc2ccc(S(=O)(=O)NC3CC3)cc2NC1=O. The van der Waals surface area contributed by atoms with Gasteiger partial charge in [0.1, 0.15) is 0 Å². The van der Waals surface area contributed by atoms with Gasteiger partial charge in [-0.3, -0.25) is 4.79 Å². The van der Waals surface area contributed by atoms with Crippen molar-refractivity contribution in [3.8, 4) is 0 Å². The van der Waals surface area contributed by atoms with Crippen LogP contribution in [0.2, 0.25) is 0 Å². The molecule has 102 valence electrons. The second-order valence-corrected chi connectivity index (χ2v) is 7.90. The largest absolute Gasteiger partial charge is 0.324 e. The summed E-state index contributed by atoms with van der Waals surface area (Å²) in [6.45, 7) is 1.82. The summed E-state index contributed by atoms with van der Waals surface area (Å²) in [5, 5.41) is 2.59. The van der Waals surface area contributed by atoms with E-state index in [-0.39, 0.29) is 22.1 Å². The Morgan fingerprint density at radius 3 is 2.79 bits per heavy atom. The summed E-state index contributed by atoms with van der Waals surface area (Å²) in [5.41, 5.74) is 0.576. The standard InChI is InChI=1S/C12H14N2O3S2/c1-7-12(15)13-10-6-9(4-5-11(10)18-7)19(16,17)14-8-2-3-8/h4-8,14H,2-3H2,1H3,(H,13,15). The van der Waals surface area contributed by atoms with Gasteiger partial charge >= 0.3 is 0 Å². The molecule has 1 aliphatic heterocycles. The van der Waals surface area contributed by atoms with E-state index in [1.165, 1.54) is 17.8 Å². The van der Waals surface area contributed by atoms with Gasteiger partial charge < -0.3 is 5.32 Å². The second-order valence-electron chi connectivity index (χ2n) is 4.80. The summed E-state index contributed by atoms with van der Waals surface area (Å²) in [5.74, 6) is -0.0952. The van der Waals surface area contributed by atoms with E-state index in [2.05, 4.69) is 10.0 Å². The van der Waals surface area contributed by atoms with Crippen LogP contribution >= 0.6 is 11.8 Å². The van der Waals surface area contributed by atoms with Crippen LogP contribution in [0.4, 0.5) is 5.69 Å². The number of hydrogen-bond donors (Lipinski definition) is 2. The van der Waals surface area contributed by atoms with Crippen LogP contribution in [0.25, 0.3) is 0 Å². The summed E-state index contributed by atoms with van der Waals surface area (Å²) in [4.78, 5) is 12.7. The lowest BCUT2D eigenvalue weighted by Gasteiger charge is -2.21. The maximum atomic E-state index is 12.1. The average Bonchev–Trinajstić information content (AvgIpc) is 3.13. The average molecular weight is 298 g/mol. The molecule has 0 bridgehead atoms. The Bertz CT molecular complexity index is 638. The minimum Gasteiger partial charge on any atom is -0.324 e. The number of fused-ring (bicyclic) bond motifs is 1. The molecule has 1 heterocycles. The van der Waals surface area contributed by atoms with Crippen molar-refractivity contribution in [2.24, 2.45) is 0 Å². The van der Waals surface area contributed by atoms with Crippen LogP contribution in [0.1, 0.15) is 19.8 Å². The molecule has 3 rings (SSSR count). The molecule has 1 aliphatic carbocycles. The van der Waals surface area contributed by atoms with E-state index in [0.29, 0.717) is 5.69 Å². The Balaban J connectivity index is 1.93. The molecular formula is C12H14N2O3S2. The molecule has 19 heavy (non-hydrogen) atoms. The predicted octanol–water partition coefficient (Wildman–Crippen LogP) is 1.56. The van der Waals surface area contributed by atoms with Gasteiger partial charge in [-0.1, -0.05) is 0 Å². The molecule has 1 amide bonds. The van der Waals surface area contributed by atoms with Crippen molar-refractivity contribution in [2.45, 2.75) is 40.8 Å². The van der Waals surface area contributed by atoms with Crippen LogP contribution < -0.4 is 10.0 Å². The molecule has 1 saturated carbocycles. The number of hydrogen-bond acceptors (Lipinski definition) is 4. The first-order valence-electron chi connectivity index (χ1n) is 6.09. The van der Waals surface area contributed by atoms with E-state index >= 15 is 0 Å². The van der Waals surface area contributed by atoms with E-state index in [9.17, 15) is 13.2 Å². The van der Waals surface area contributed by atoms with Crippen molar-refractivity contribution in [2.75, 3.05) is 5.32 Å². The Morgan fingerprint density at radius 2 is 2.11 bits per heavy atom. The highest BCUT2D eigenvalue weighted by molar-refractivity contribution is 8.01. The van der Waals surface area contributed by atoms with Gasteiger partial charge in [0.25, 0.3) is 0 Å². The van der Waals surface area contributed by atoms with E-state index in [0.717, 1.165) is 17.7 Å². The third-order valence-electron chi connectivity index (χ3n) is 3.09. The van der Waals surface area contributed by atoms with Gasteiger partial charge in [-0.15, -0.1) is 11.8 Å². The fourth-order valence-electron chi connectivity index (χ4n) is 1.84. The molecule has 0 radical (unpaired) electrons. The van der Waals surface area contributed by atoms with E-state index < -0.39 is 10.0 Å². The van der Waals surface area contributed by atoms with E-state index in [4.69, 9.17) is 0 Å². The number of sulfonamides is 1. The van der Waals surface area contributed by atoms with Crippen LogP contribution in [-0.2, 0) is 14.8 Å². The molecule has 2 aliphatic rings. The summed E-state index contributed by atoms with van der Waals surface area (Å²) in [7, 11) is -3.47. The normalized spacial score (nSPS) is 22.8. The molecule has 1 aromatic rings. The van der Waals surface area contributed by atoms with Crippen LogP contribution in [0, 0.1) is 0 Å². The smallest absolute Gasteiger partial charge is 0.240 e. The Hall–Kier alpha value is -1.05. The van der Waals surface area contributed by atoms with Gasteiger partial charge in [0.15, 0.2) is 0 Å². The second kappa shape index (κ2) is 4.50. The van der Waals surface area contributed by atoms with Gasteiger partial charge in [0, 0.05) is 10.9 Å². The van der Waals surface area contributed by atoms with Crippen molar-refractivity contribution >= 4 is 33.4 Å². The van der Waals surface area contributed by atoms with Gasteiger partial charge in [-0.05, 0) is 38.0 Å². The Kier molecular flexibility index (Phi) is 3.07. The molecule has 0 aromatic heterocycles. The molecule has 1 aromatic carbocycles. The fraction of sp³-hybridized carbons (Fsp3) is 0.417. The molecular weight excluding hydrogens is 284 g/mol. The number of thioether (sulfide) groups is 1. The Morgan fingerprint density at radius 1 is 1.37 bits per heavy atom. The van der Waals surface area contributed by atoms with Crippen LogP contribution in [0.3, 0.4) is 0 Å². The molecule has 0 spiro atoms. The number of benzene rings is 1. The van der Waals surface area contributed by atoms with Gasteiger partial charge in [0.2, 0.25) is 15.9 Å². The maximum Gasteiger partial charge on any atom is 0.240 e. The van der Waals surface area contributed by atoms with Gasteiger partial charge in [-0.2, -0.15) is 0 Å².